The van der Waals surface area contributed by atoms with E-state index in [1.54, 1.807) is 6.07 Å². The Hall–Kier alpha value is -1.94. The molecule has 0 unspecified atom stereocenters. The van der Waals surface area contributed by atoms with Gasteiger partial charge in [0.25, 0.3) is 0 Å². The number of rotatable bonds is 6. The molecule has 0 aromatic heterocycles. The van der Waals surface area contributed by atoms with Gasteiger partial charge in [-0.25, -0.2) is 4.39 Å². The lowest BCUT2D eigenvalue weighted by Gasteiger charge is -2.11. The Bertz CT molecular complexity index is 614. The first-order chi connectivity index (χ1) is 10.1. The van der Waals surface area contributed by atoms with Gasteiger partial charge in [0.05, 0.1) is 0 Å². The average Bonchev–Trinajstić information content (AvgIpc) is 2.46. The van der Waals surface area contributed by atoms with Crippen molar-refractivity contribution < 1.29 is 13.5 Å². The van der Waals surface area contributed by atoms with Crippen LogP contribution in [-0.2, 0) is 6.54 Å². The maximum absolute atomic E-state index is 13.6. The lowest BCUT2D eigenvalue weighted by molar-refractivity contribution is 0.415. The van der Waals surface area contributed by atoms with E-state index >= 15 is 0 Å². The fourth-order valence-corrected chi connectivity index (χ4v) is 2.02. The van der Waals surface area contributed by atoms with Gasteiger partial charge >= 0.3 is 0 Å². The van der Waals surface area contributed by atoms with Gasteiger partial charge in [-0.15, -0.1) is 0 Å². The largest absolute Gasteiger partial charge is 0.454 e. The summed E-state index contributed by atoms with van der Waals surface area (Å²) in [5.41, 5.74) is 2.21. The van der Waals surface area contributed by atoms with Crippen molar-refractivity contribution in [2.75, 3.05) is 6.54 Å². The van der Waals surface area contributed by atoms with E-state index in [1.807, 2.05) is 19.1 Å². The molecule has 0 saturated carbocycles. The number of nitrogens with one attached hydrogen (secondary N) is 1. The Morgan fingerprint density at radius 2 is 1.95 bits per heavy atom. The number of hydrogen-bond acceptors (Lipinski definition) is 2. The standard InChI is InChI=1S/C17H19F2NO/c1-3-9-20-11-13-7-8-14(10-12(13)2)21-16-6-4-5-15(18)17(16)19/h4-8,10,20H,3,9,11H2,1-2H3. The molecule has 0 bridgehead atoms. The predicted molar refractivity (Wildman–Crippen MR) is 79.6 cm³/mol. The summed E-state index contributed by atoms with van der Waals surface area (Å²) in [6, 6.07) is 9.42. The zero-order chi connectivity index (χ0) is 15.2. The highest BCUT2D eigenvalue weighted by Gasteiger charge is 2.10. The van der Waals surface area contributed by atoms with E-state index < -0.39 is 11.6 Å². The molecule has 2 aromatic rings. The summed E-state index contributed by atoms with van der Waals surface area (Å²) in [5, 5.41) is 3.33. The summed E-state index contributed by atoms with van der Waals surface area (Å²) in [6.45, 7) is 5.84. The summed E-state index contributed by atoms with van der Waals surface area (Å²) in [6.07, 6.45) is 1.08. The van der Waals surface area contributed by atoms with Crippen LogP contribution in [0.15, 0.2) is 36.4 Å². The van der Waals surface area contributed by atoms with Gasteiger partial charge in [-0.2, -0.15) is 4.39 Å². The minimum absolute atomic E-state index is 0.105. The highest BCUT2D eigenvalue weighted by molar-refractivity contribution is 5.38. The molecule has 0 amide bonds. The third-order valence-corrected chi connectivity index (χ3v) is 3.20. The van der Waals surface area contributed by atoms with E-state index in [0.29, 0.717) is 5.75 Å². The van der Waals surface area contributed by atoms with E-state index in [9.17, 15) is 8.78 Å². The second-order valence-corrected chi connectivity index (χ2v) is 4.92. The Morgan fingerprint density at radius 3 is 2.67 bits per heavy atom. The van der Waals surface area contributed by atoms with E-state index in [4.69, 9.17) is 4.74 Å². The number of ether oxygens (including phenoxy) is 1. The molecule has 0 aliphatic carbocycles. The fourth-order valence-electron chi connectivity index (χ4n) is 2.02. The van der Waals surface area contributed by atoms with Crippen LogP contribution in [0.25, 0.3) is 0 Å². The average molecular weight is 291 g/mol. The number of halogens is 2. The van der Waals surface area contributed by atoms with Crippen LogP contribution in [0.3, 0.4) is 0 Å². The first kappa shape index (κ1) is 15.4. The van der Waals surface area contributed by atoms with Crippen molar-refractivity contribution in [3.8, 4) is 11.5 Å². The van der Waals surface area contributed by atoms with Gasteiger partial charge < -0.3 is 10.1 Å². The van der Waals surface area contributed by atoms with Crippen molar-refractivity contribution in [1.82, 2.24) is 5.32 Å². The normalized spacial score (nSPS) is 10.7. The van der Waals surface area contributed by atoms with Crippen molar-refractivity contribution in [2.45, 2.75) is 26.8 Å². The lowest BCUT2D eigenvalue weighted by Crippen LogP contribution is -2.14. The summed E-state index contributed by atoms with van der Waals surface area (Å²) in [7, 11) is 0. The molecule has 0 aliphatic rings. The molecule has 2 aromatic carbocycles. The maximum Gasteiger partial charge on any atom is 0.201 e. The summed E-state index contributed by atoms with van der Waals surface area (Å²) < 4.78 is 32.1. The molecule has 0 heterocycles. The van der Waals surface area contributed by atoms with Crippen molar-refractivity contribution in [3.63, 3.8) is 0 Å². The predicted octanol–water partition coefficient (Wildman–Crippen LogP) is 4.57. The molecule has 1 N–H and O–H groups in total. The van der Waals surface area contributed by atoms with Crippen molar-refractivity contribution >= 4 is 0 Å². The molecule has 21 heavy (non-hydrogen) atoms. The van der Waals surface area contributed by atoms with Gasteiger partial charge in [0.2, 0.25) is 5.82 Å². The summed E-state index contributed by atoms with van der Waals surface area (Å²) in [5.74, 6) is -1.49. The number of hydrogen-bond donors (Lipinski definition) is 1. The quantitative estimate of drug-likeness (QED) is 0.787. The summed E-state index contributed by atoms with van der Waals surface area (Å²) in [4.78, 5) is 0. The van der Waals surface area contributed by atoms with Crippen LogP contribution in [0.2, 0.25) is 0 Å². The van der Waals surface area contributed by atoms with Crippen molar-refractivity contribution in [1.29, 1.82) is 0 Å². The molecular weight excluding hydrogens is 272 g/mol. The number of aryl methyl sites for hydroxylation is 1. The van der Waals surface area contributed by atoms with Crippen molar-refractivity contribution in [3.05, 3.63) is 59.2 Å². The van der Waals surface area contributed by atoms with Crippen LogP contribution in [0, 0.1) is 18.6 Å². The monoisotopic (exact) mass is 291 g/mol. The highest BCUT2D eigenvalue weighted by atomic mass is 19.2. The van der Waals surface area contributed by atoms with E-state index in [-0.39, 0.29) is 5.75 Å². The highest BCUT2D eigenvalue weighted by Crippen LogP contribution is 2.27. The molecule has 2 rings (SSSR count). The second kappa shape index (κ2) is 7.18. The minimum Gasteiger partial charge on any atom is -0.454 e. The minimum atomic E-state index is -0.969. The lowest BCUT2D eigenvalue weighted by atomic mass is 10.1. The van der Waals surface area contributed by atoms with Crippen LogP contribution in [0.4, 0.5) is 8.78 Å². The zero-order valence-corrected chi connectivity index (χ0v) is 12.2. The molecular formula is C17H19F2NO. The van der Waals surface area contributed by atoms with Crippen LogP contribution in [-0.4, -0.2) is 6.54 Å². The maximum atomic E-state index is 13.6. The Kier molecular flexibility index (Phi) is 5.28. The summed E-state index contributed by atoms with van der Waals surface area (Å²) >= 11 is 0. The molecule has 4 heteroatoms. The van der Waals surface area contributed by atoms with Crippen LogP contribution >= 0.6 is 0 Å². The Labute approximate surface area is 123 Å². The molecule has 0 aliphatic heterocycles. The topological polar surface area (TPSA) is 21.3 Å². The van der Waals surface area contributed by atoms with Gasteiger partial charge in [0, 0.05) is 6.54 Å². The van der Waals surface area contributed by atoms with E-state index in [1.165, 1.54) is 12.1 Å². The fraction of sp³-hybridized carbons (Fsp3) is 0.294. The first-order valence-corrected chi connectivity index (χ1v) is 7.04. The van der Waals surface area contributed by atoms with Crippen LogP contribution in [0.1, 0.15) is 24.5 Å². The molecule has 0 radical (unpaired) electrons. The molecule has 112 valence electrons. The Balaban J connectivity index is 2.11. The van der Waals surface area contributed by atoms with Gasteiger partial charge in [-0.05, 0) is 55.3 Å². The smallest absolute Gasteiger partial charge is 0.201 e. The molecule has 0 saturated heterocycles. The third kappa shape index (κ3) is 4.02. The molecule has 0 fully saturated rings. The molecule has 0 atom stereocenters. The van der Waals surface area contributed by atoms with Crippen molar-refractivity contribution in [2.24, 2.45) is 0 Å². The van der Waals surface area contributed by atoms with Gasteiger partial charge in [0.1, 0.15) is 5.75 Å². The zero-order valence-electron chi connectivity index (χ0n) is 12.2. The third-order valence-electron chi connectivity index (χ3n) is 3.20. The molecule has 2 nitrogen and oxygen atoms in total. The van der Waals surface area contributed by atoms with Crippen LogP contribution < -0.4 is 10.1 Å². The van der Waals surface area contributed by atoms with Gasteiger partial charge in [-0.3, -0.25) is 0 Å². The van der Waals surface area contributed by atoms with E-state index in [0.717, 1.165) is 36.7 Å². The van der Waals surface area contributed by atoms with E-state index in [2.05, 4.69) is 12.2 Å². The van der Waals surface area contributed by atoms with Crippen LogP contribution in [0.5, 0.6) is 11.5 Å². The second-order valence-electron chi connectivity index (χ2n) is 4.92. The Morgan fingerprint density at radius 1 is 1.14 bits per heavy atom. The SMILES string of the molecule is CCCNCc1ccc(Oc2cccc(F)c2F)cc1C. The van der Waals surface area contributed by atoms with Gasteiger partial charge in [0.15, 0.2) is 11.6 Å². The first-order valence-electron chi connectivity index (χ1n) is 7.04. The number of benzene rings is 2. The molecule has 0 spiro atoms. The van der Waals surface area contributed by atoms with Gasteiger partial charge in [-0.1, -0.05) is 19.1 Å².